The highest BCUT2D eigenvalue weighted by atomic mass is 32.1. The van der Waals surface area contributed by atoms with E-state index in [1.807, 2.05) is 32.2 Å². The highest BCUT2D eigenvalue weighted by Gasteiger charge is 2.26. The van der Waals surface area contributed by atoms with Gasteiger partial charge in [0, 0.05) is 9.75 Å². The molecule has 2 unspecified atom stereocenters. The lowest BCUT2D eigenvalue weighted by atomic mass is 10.0. The van der Waals surface area contributed by atoms with Crippen molar-refractivity contribution in [1.82, 2.24) is 10.6 Å². The first-order valence-corrected chi connectivity index (χ1v) is 9.71. The van der Waals surface area contributed by atoms with E-state index in [9.17, 15) is 9.59 Å². The van der Waals surface area contributed by atoms with Crippen LogP contribution in [0.15, 0.2) is 23.6 Å². The molecule has 0 bridgehead atoms. The van der Waals surface area contributed by atoms with Crippen LogP contribution in [0, 0.1) is 19.8 Å². The van der Waals surface area contributed by atoms with Crippen LogP contribution in [0.2, 0.25) is 0 Å². The molecule has 0 aliphatic carbocycles. The molecule has 24 heavy (non-hydrogen) atoms. The molecule has 0 aliphatic rings. The maximum absolute atomic E-state index is 12.7. The number of nitrogens with one attached hydrogen (secondary N) is 2. The molecule has 2 aromatic rings. The molecule has 0 aromatic carbocycles. The Morgan fingerprint density at radius 2 is 1.83 bits per heavy atom. The van der Waals surface area contributed by atoms with Crippen molar-refractivity contribution in [3.05, 3.63) is 43.8 Å². The van der Waals surface area contributed by atoms with Crippen molar-refractivity contribution in [2.24, 2.45) is 5.92 Å². The van der Waals surface area contributed by atoms with Crippen molar-refractivity contribution >= 4 is 34.5 Å². The fourth-order valence-corrected chi connectivity index (χ4v) is 4.27. The van der Waals surface area contributed by atoms with Crippen LogP contribution in [0.1, 0.15) is 51.8 Å². The Labute approximate surface area is 151 Å². The Morgan fingerprint density at radius 1 is 1.12 bits per heavy atom. The second-order valence-electron chi connectivity index (χ2n) is 6.27. The van der Waals surface area contributed by atoms with E-state index >= 15 is 0 Å². The number of hydrogen-bond acceptors (Lipinski definition) is 4. The SMILES string of the molecule is Cc1cc(C(C)NC(=O)C(NC(=O)c2cccs2)C(C)C)c(C)s1. The predicted molar refractivity (Wildman–Crippen MR) is 101 cm³/mol. The predicted octanol–water partition coefficient (Wildman–Crippen LogP) is 4.06. The van der Waals surface area contributed by atoms with Crippen molar-refractivity contribution in [1.29, 1.82) is 0 Å². The second kappa shape index (κ2) is 7.94. The average molecular weight is 365 g/mol. The van der Waals surface area contributed by atoms with Crippen LogP contribution < -0.4 is 10.6 Å². The summed E-state index contributed by atoms with van der Waals surface area (Å²) in [5.41, 5.74) is 1.14. The maximum atomic E-state index is 12.7. The zero-order valence-corrected chi connectivity index (χ0v) is 16.3. The molecule has 0 saturated carbocycles. The quantitative estimate of drug-likeness (QED) is 0.812. The Morgan fingerprint density at radius 3 is 2.33 bits per heavy atom. The molecule has 2 amide bonds. The van der Waals surface area contributed by atoms with Gasteiger partial charge in [-0.25, -0.2) is 0 Å². The molecule has 4 nitrogen and oxygen atoms in total. The molecule has 0 fully saturated rings. The molecule has 0 saturated heterocycles. The molecule has 2 N–H and O–H groups in total. The smallest absolute Gasteiger partial charge is 0.262 e. The first kappa shape index (κ1) is 18.7. The zero-order valence-electron chi connectivity index (χ0n) is 14.7. The number of hydrogen-bond donors (Lipinski definition) is 2. The molecule has 2 heterocycles. The van der Waals surface area contributed by atoms with Gasteiger partial charge in [-0.2, -0.15) is 0 Å². The van der Waals surface area contributed by atoms with Crippen molar-refractivity contribution in [3.63, 3.8) is 0 Å². The lowest BCUT2D eigenvalue weighted by Crippen LogP contribution is -2.50. The minimum absolute atomic E-state index is 0.00594. The Bertz CT molecular complexity index is 705. The first-order chi connectivity index (χ1) is 11.3. The summed E-state index contributed by atoms with van der Waals surface area (Å²) in [6, 6.07) is 5.06. The summed E-state index contributed by atoms with van der Waals surface area (Å²) in [4.78, 5) is 28.0. The first-order valence-electron chi connectivity index (χ1n) is 8.01. The van der Waals surface area contributed by atoms with Gasteiger partial charge >= 0.3 is 0 Å². The number of carbonyl (C=O) groups excluding carboxylic acids is 2. The minimum atomic E-state index is -0.554. The fraction of sp³-hybridized carbons (Fsp3) is 0.444. The van der Waals surface area contributed by atoms with E-state index in [0.29, 0.717) is 4.88 Å². The van der Waals surface area contributed by atoms with E-state index in [2.05, 4.69) is 30.5 Å². The van der Waals surface area contributed by atoms with Gasteiger partial charge in [-0.05, 0) is 49.8 Å². The number of thiophene rings is 2. The molecule has 130 valence electrons. The molecular weight excluding hydrogens is 340 g/mol. The minimum Gasteiger partial charge on any atom is -0.348 e. The third kappa shape index (κ3) is 4.45. The van der Waals surface area contributed by atoms with Crippen molar-refractivity contribution in [3.8, 4) is 0 Å². The summed E-state index contributed by atoms with van der Waals surface area (Å²) in [6.45, 7) is 9.97. The van der Waals surface area contributed by atoms with Crippen LogP contribution in [0.4, 0.5) is 0 Å². The van der Waals surface area contributed by atoms with E-state index in [1.165, 1.54) is 21.1 Å². The number of rotatable bonds is 6. The fourth-order valence-electron chi connectivity index (χ4n) is 2.62. The Hall–Kier alpha value is -1.66. The van der Waals surface area contributed by atoms with Gasteiger partial charge in [-0.1, -0.05) is 19.9 Å². The van der Waals surface area contributed by atoms with Crippen molar-refractivity contribution in [2.75, 3.05) is 0 Å². The molecule has 2 atom stereocenters. The summed E-state index contributed by atoms with van der Waals surface area (Å²) >= 11 is 3.10. The molecule has 6 heteroatoms. The van der Waals surface area contributed by atoms with Gasteiger partial charge in [0.25, 0.3) is 5.91 Å². The van der Waals surface area contributed by atoms with Gasteiger partial charge in [-0.3, -0.25) is 9.59 Å². The zero-order chi connectivity index (χ0) is 17.9. The normalized spacial score (nSPS) is 13.6. The standard InChI is InChI=1S/C18H24N2O2S2/c1-10(2)16(20-17(21)15-7-6-8-23-15)18(22)19-12(4)14-9-11(3)24-13(14)5/h6-10,12,16H,1-5H3,(H,19,22)(H,20,21). The Balaban J connectivity index is 2.06. The van der Waals surface area contributed by atoms with Crippen LogP contribution in [0.25, 0.3) is 0 Å². The molecule has 0 radical (unpaired) electrons. The number of carbonyl (C=O) groups is 2. The number of amides is 2. The van der Waals surface area contributed by atoms with E-state index in [4.69, 9.17) is 0 Å². The van der Waals surface area contributed by atoms with Gasteiger partial charge in [0.15, 0.2) is 0 Å². The topological polar surface area (TPSA) is 58.2 Å². The molecule has 0 spiro atoms. The highest BCUT2D eigenvalue weighted by molar-refractivity contribution is 7.12. The highest BCUT2D eigenvalue weighted by Crippen LogP contribution is 2.26. The third-order valence-corrected chi connectivity index (χ3v) is 5.74. The summed E-state index contributed by atoms with van der Waals surface area (Å²) in [6.07, 6.45) is 0. The largest absolute Gasteiger partial charge is 0.348 e. The summed E-state index contributed by atoms with van der Waals surface area (Å²) in [7, 11) is 0. The van der Waals surface area contributed by atoms with Crippen LogP contribution in [-0.4, -0.2) is 17.9 Å². The van der Waals surface area contributed by atoms with Crippen molar-refractivity contribution < 1.29 is 9.59 Å². The average Bonchev–Trinajstić information content (AvgIpc) is 3.13. The Kier molecular flexibility index (Phi) is 6.18. The maximum Gasteiger partial charge on any atom is 0.262 e. The summed E-state index contributed by atoms with van der Waals surface area (Å²) in [5, 5.41) is 7.75. The van der Waals surface area contributed by atoms with E-state index in [0.717, 1.165) is 5.56 Å². The van der Waals surface area contributed by atoms with E-state index < -0.39 is 6.04 Å². The van der Waals surface area contributed by atoms with E-state index in [1.54, 1.807) is 17.4 Å². The van der Waals surface area contributed by atoms with Crippen LogP contribution in [0.3, 0.4) is 0 Å². The van der Waals surface area contributed by atoms with Gasteiger partial charge in [0.2, 0.25) is 5.91 Å². The third-order valence-electron chi connectivity index (χ3n) is 3.89. The molecule has 0 aliphatic heterocycles. The van der Waals surface area contributed by atoms with Crippen LogP contribution in [0.5, 0.6) is 0 Å². The monoisotopic (exact) mass is 364 g/mol. The summed E-state index contributed by atoms with van der Waals surface area (Å²) < 4.78 is 0. The van der Waals surface area contributed by atoms with Gasteiger partial charge in [0.05, 0.1) is 10.9 Å². The molecule has 2 aromatic heterocycles. The lowest BCUT2D eigenvalue weighted by molar-refractivity contribution is -0.124. The summed E-state index contributed by atoms with van der Waals surface area (Å²) in [5.74, 6) is -0.342. The van der Waals surface area contributed by atoms with Gasteiger partial charge in [-0.15, -0.1) is 22.7 Å². The van der Waals surface area contributed by atoms with E-state index in [-0.39, 0.29) is 23.8 Å². The second-order valence-corrected chi connectivity index (χ2v) is 8.68. The molecular formula is C18H24N2O2S2. The van der Waals surface area contributed by atoms with Gasteiger partial charge < -0.3 is 10.6 Å². The van der Waals surface area contributed by atoms with Crippen LogP contribution >= 0.6 is 22.7 Å². The number of aryl methyl sites for hydroxylation is 2. The van der Waals surface area contributed by atoms with Crippen LogP contribution in [-0.2, 0) is 4.79 Å². The molecule has 2 rings (SSSR count). The lowest BCUT2D eigenvalue weighted by Gasteiger charge is -2.24. The van der Waals surface area contributed by atoms with Crippen molar-refractivity contribution in [2.45, 2.75) is 46.7 Å². The van der Waals surface area contributed by atoms with Gasteiger partial charge in [0.1, 0.15) is 6.04 Å².